The van der Waals surface area contributed by atoms with Gasteiger partial charge in [-0.25, -0.2) is 4.39 Å². The summed E-state index contributed by atoms with van der Waals surface area (Å²) in [7, 11) is 3.07. The van der Waals surface area contributed by atoms with Crippen LogP contribution in [0, 0.1) is 11.7 Å². The van der Waals surface area contributed by atoms with Gasteiger partial charge in [-0.3, -0.25) is 9.59 Å². The summed E-state index contributed by atoms with van der Waals surface area (Å²) < 4.78 is 23.4. The van der Waals surface area contributed by atoms with E-state index in [-0.39, 0.29) is 24.1 Å². The summed E-state index contributed by atoms with van der Waals surface area (Å²) in [5.41, 5.74) is 1.48. The van der Waals surface area contributed by atoms with E-state index in [0.717, 1.165) is 5.56 Å². The number of carbonyl (C=O) groups is 2. The first-order chi connectivity index (χ1) is 13.5. The molecule has 0 bridgehead atoms. The second-order valence-electron chi connectivity index (χ2n) is 6.67. The molecule has 0 saturated carbocycles. The molecule has 0 spiro atoms. The molecule has 1 aliphatic rings. The molecule has 0 aliphatic carbocycles. The summed E-state index contributed by atoms with van der Waals surface area (Å²) in [6.45, 7) is 0.866. The molecule has 28 heavy (non-hydrogen) atoms. The lowest BCUT2D eigenvalue weighted by atomic mass is 10.1. The summed E-state index contributed by atoms with van der Waals surface area (Å²) in [6.07, 6.45) is 0.792. The summed E-state index contributed by atoms with van der Waals surface area (Å²) in [5.74, 6) is 0.132. The molecular weight excluding hydrogens is 363 g/mol. The fraction of sp³-hybridized carbons (Fsp3) is 0.333. The van der Waals surface area contributed by atoms with Gasteiger partial charge in [0.2, 0.25) is 11.8 Å². The SMILES string of the molecule is COc1ccc(NC(=O)[C@@H]2CC(=O)N(CCc3ccc(F)cc3)C2)c(OC)c1. The van der Waals surface area contributed by atoms with Gasteiger partial charge in [-0.05, 0) is 36.2 Å². The van der Waals surface area contributed by atoms with Crippen LogP contribution in [0.3, 0.4) is 0 Å². The van der Waals surface area contributed by atoms with E-state index in [1.165, 1.54) is 19.2 Å². The molecule has 0 radical (unpaired) electrons. The number of nitrogens with one attached hydrogen (secondary N) is 1. The summed E-state index contributed by atoms with van der Waals surface area (Å²) in [6, 6.07) is 11.3. The minimum Gasteiger partial charge on any atom is -0.497 e. The lowest BCUT2D eigenvalue weighted by Gasteiger charge is -2.17. The first-order valence-electron chi connectivity index (χ1n) is 9.05. The molecule has 2 aromatic rings. The fourth-order valence-corrected chi connectivity index (χ4v) is 3.22. The topological polar surface area (TPSA) is 67.9 Å². The van der Waals surface area contributed by atoms with E-state index >= 15 is 0 Å². The molecule has 148 valence electrons. The zero-order valence-corrected chi connectivity index (χ0v) is 15.9. The van der Waals surface area contributed by atoms with Crippen LogP contribution in [0.5, 0.6) is 11.5 Å². The van der Waals surface area contributed by atoms with Crippen molar-refractivity contribution in [3.05, 3.63) is 53.8 Å². The first kappa shape index (κ1) is 19.7. The summed E-state index contributed by atoms with van der Waals surface area (Å²) in [5, 5.41) is 2.84. The van der Waals surface area contributed by atoms with Crippen LogP contribution < -0.4 is 14.8 Å². The Morgan fingerprint density at radius 2 is 1.93 bits per heavy atom. The van der Waals surface area contributed by atoms with Crippen LogP contribution in [0.25, 0.3) is 0 Å². The number of likely N-dealkylation sites (tertiary alicyclic amines) is 1. The second kappa shape index (κ2) is 8.73. The van der Waals surface area contributed by atoms with Gasteiger partial charge in [-0.2, -0.15) is 0 Å². The summed E-state index contributed by atoms with van der Waals surface area (Å²) >= 11 is 0. The van der Waals surface area contributed by atoms with Crippen molar-refractivity contribution in [2.45, 2.75) is 12.8 Å². The third kappa shape index (κ3) is 4.60. The minimum atomic E-state index is -0.424. The van der Waals surface area contributed by atoms with Gasteiger partial charge in [0.05, 0.1) is 25.8 Å². The second-order valence-corrected chi connectivity index (χ2v) is 6.67. The van der Waals surface area contributed by atoms with E-state index in [4.69, 9.17) is 9.47 Å². The number of hydrogen-bond donors (Lipinski definition) is 1. The predicted molar refractivity (Wildman–Crippen MR) is 103 cm³/mol. The lowest BCUT2D eigenvalue weighted by molar-refractivity contribution is -0.128. The van der Waals surface area contributed by atoms with Gasteiger partial charge in [-0.15, -0.1) is 0 Å². The Labute approximate surface area is 163 Å². The normalized spacial score (nSPS) is 16.2. The molecule has 0 unspecified atom stereocenters. The van der Waals surface area contributed by atoms with Crippen molar-refractivity contribution < 1.29 is 23.5 Å². The van der Waals surface area contributed by atoms with E-state index in [1.54, 1.807) is 42.3 Å². The fourth-order valence-electron chi connectivity index (χ4n) is 3.22. The van der Waals surface area contributed by atoms with E-state index in [2.05, 4.69) is 5.32 Å². The molecule has 2 amide bonds. The van der Waals surface area contributed by atoms with Crippen LogP contribution in [0.15, 0.2) is 42.5 Å². The third-order valence-electron chi connectivity index (χ3n) is 4.84. The highest BCUT2D eigenvalue weighted by Crippen LogP contribution is 2.30. The number of methoxy groups -OCH3 is 2. The molecule has 3 rings (SSSR count). The molecule has 2 aromatic carbocycles. The van der Waals surface area contributed by atoms with Gasteiger partial charge >= 0.3 is 0 Å². The standard InChI is InChI=1S/C21H23FN2O4/c1-27-17-7-8-18(19(12-17)28-2)23-21(26)15-11-20(25)24(13-15)10-9-14-3-5-16(22)6-4-14/h3-8,12,15H,9-11,13H2,1-2H3,(H,23,26)/t15-/m1/s1. The van der Waals surface area contributed by atoms with Crippen LogP contribution in [0.1, 0.15) is 12.0 Å². The van der Waals surface area contributed by atoms with E-state index in [0.29, 0.717) is 36.7 Å². The number of anilines is 1. The Bertz CT molecular complexity index is 854. The molecule has 1 saturated heterocycles. The molecule has 1 N–H and O–H groups in total. The monoisotopic (exact) mass is 386 g/mol. The molecule has 6 nitrogen and oxygen atoms in total. The number of rotatable bonds is 7. The smallest absolute Gasteiger partial charge is 0.229 e. The summed E-state index contributed by atoms with van der Waals surface area (Å²) in [4.78, 5) is 26.6. The van der Waals surface area contributed by atoms with Gasteiger partial charge in [0.1, 0.15) is 17.3 Å². The molecule has 1 fully saturated rings. The molecule has 0 aromatic heterocycles. The van der Waals surface area contributed by atoms with Crippen molar-refractivity contribution in [3.63, 3.8) is 0 Å². The highest BCUT2D eigenvalue weighted by Gasteiger charge is 2.34. The Hall–Kier alpha value is -3.09. The van der Waals surface area contributed by atoms with Gasteiger partial charge < -0.3 is 19.7 Å². The van der Waals surface area contributed by atoms with Crippen molar-refractivity contribution in [2.24, 2.45) is 5.92 Å². The highest BCUT2D eigenvalue weighted by molar-refractivity contribution is 5.98. The van der Waals surface area contributed by atoms with Gasteiger partial charge in [0.25, 0.3) is 0 Å². The van der Waals surface area contributed by atoms with E-state index in [1.807, 2.05) is 0 Å². The molecule has 1 aliphatic heterocycles. The van der Waals surface area contributed by atoms with Crippen molar-refractivity contribution in [2.75, 3.05) is 32.6 Å². The Morgan fingerprint density at radius 1 is 1.18 bits per heavy atom. The maximum atomic E-state index is 13.0. The third-order valence-corrected chi connectivity index (χ3v) is 4.84. The van der Waals surface area contributed by atoms with E-state index < -0.39 is 5.92 Å². The van der Waals surface area contributed by atoms with Crippen molar-refractivity contribution in [3.8, 4) is 11.5 Å². The number of amides is 2. The predicted octanol–water partition coefficient (Wildman–Crippen LogP) is 2.87. The number of benzene rings is 2. The largest absolute Gasteiger partial charge is 0.497 e. The Kier molecular flexibility index (Phi) is 6.13. The van der Waals surface area contributed by atoms with Crippen molar-refractivity contribution in [1.29, 1.82) is 0 Å². The maximum Gasteiger partial charge on any atom is 0.229 e. The molecule has 1 atom stereocenters. The zero-order valence-electron chi connectivity index (χ0n) is 15.9. The number of nitrogens with zero attached hydrogens (tertiary/aromatic N) is 1. The zero-order chi connectivity index (χ0) is 20.1. The Balaban J connectivity index is 1.58. The highest BCUT2D eigenvalue weighted by atomic mass is 19.1. The minimum absolute atomic E-state index is 0.0519. The number of carbonyl (C=O) groups excluding carboxylic acids is 2. The lowest BCUT2D eigenvalue weighted by Crippen LogP contribution is -2.30. The maximum absolute atomic E-state index is 13.0. The van der Waals surface area contributed by atoms with Crippen LogP contribution in [-0.2, 0) is 16.0 Å². The van der Waals surface area contributed by atoms with Crippen LogP contribution in [0.2, 0.25) is 0 Å². The van der Waals surface area contributed by atoms with Crippen LogP contribution in [0.4, 0.5) is 10.1 Å². The van der Waals surface area contributed by atoms with Gasteiger partial charge in [0.15, 0.2) is 0 Å². The van der Waals surface area contributed by atoms with Gasteiger partial charge in [0, 0.05) is 25.6 Å². The molecular formula is C21H23FN2O4. The Morgan fingerprint density at radius 3 is 2.61 bits per heavy atom. The average Bonchev–Trinajstić information content (AvgIpc) is 3.08. The molecule has 1 heterocycles. The number of hydrogen-bond acceptors (Lipinski definition) is 4. The number of ether oxygens (including phenoxy) is 2. The van der Waals surface area contributed by atoms with Crippen LogP contribution in [-0.4, -0.2) is 44.0 Å². The van der Waals surface area contributed by atoms with Gasteiger partial charge in [-0.1, -0.05) is 12.1 Å². The van der Waals surface area contributed by atoms with Crippen molar-refractivity contribution in [1.82, 2.24) is 4.90 Å². The average molecular weight is 386 g/mol. The van der Waals surface area contributed by atoms with Crippen molar-refractivity contribution >= 4 is 17.5 Å². The number of halogens is 1. The van der Waals surface area contributed by atoms with Crippen LogP contribution >= 0.6 is 0 Å². The molecule has 7 heteroatoms. The first-order valence-corrected chi connectivity index (χ1v) is 9.05. The van der Waals surface area contributed by atoms with E-state index in [9.17, 15) is 14.0 Å². The quantitative estimate of drug-likeness (QED) is 0.795.